The van der Waals surface area contributed by atoms with E-state index in [4.69, 9.17) is 0 Å². The number of nitrogens with one attached hydrogen (secondary N) is 1. The van der Waals surface area contributed by atoms with E-state index in [2.05, 4.69) is 57.5 Å². The van der Waals surface area contributed by atoms with Gasteiger partial charge in [-0.1, -0.05) is 24.3 Å². The van der Waals surface area contributed by atoms with E-state index in [1.165, 1.54) is 5.56 Å². The molecule has 1 saturated carbocycles. The highest BCUT2D eigenvalue weighted by Gasteiger charge is 2.46. The third-order valence-electron chi connectivity index (χ3n) is 6.60. The number of aryl methyl sites for hydroxylation is 1. The molecule has 0 bridgehead atoms. The Balaban J connectivity index is 1.42. The number of hydrogen-bond donors (Lipinski definition) is 1. The Kier molecular flexibility index (Phi) is 4.70. The van der Waals surface area contributed by atoms with Crippen molar-refractivity contribution in [2.45, 2.75) is 25.3 Å². The maximum absolute atomic E-state index is 13.4. The Labute approximate surface area is 177 Å². The van der Waals surface area contributed by atoms with E-state index in [-0.39, 0.29) is 11.4 Å². The van der Waals surface area contributed by atoms with Gasteiger partial charge in [0.2, 0.25) is 0 Å². The summed E-state index contributed by atoms with van der Waals surface area (Å²) < 4.78 is 0. The lowest BCUT2D eigenvalue weighted by Gasteiger charge is -2.34. The summed E-state index contributed by atoms with van der Waals surface area (Å²) in [7, 11) is 2.16. The number of nitrogens with zero attached hydrogens (tertiary/aromatic N) is 3. The Morgan fingerprint density at radius 2 is 1.80 bits per heavy atom. The molecule has 0 radical (unpaired) electrons. The summed E-state index contributed by atoms with van der Waals surface area (Å²) >= 11 is 0. The summed E-state index contributed by atoms with van der Waals surface area (Å²) in [6.07, 6.45) is 3.77. The predicted molar refractivity (Wildman–Crippen MR) is 121 cm³/mol. The molecule has 2 aliphatic rings. The van der Waals surface area contributed by atoms with Crippen molar-refractivity contribution in [3.05, 3.63) is 71.4 Å². The number of hydrogen-bond acceptors (Lipinski definition) is 4. The molecule has 5 rings (SSSR count). The average Bonchev–Trinajstić information content (AvgIpc) is 3.54. The van der Waals surface area contributed by atoms with Crippen molar-refractivity contribution in [2.75, 3.05) is 38.1 Å². The maximum atomic E-state index is 13.4. The van der Waals surface area contributed by atoms with Gasteiger partial charge >= 0.3 is 0 Å². The van der Waals surface area contributed by atoms with Crippen LogP contribution >= 0.6 is 0 Å². The first-order chi connectivity index (χ1) is 14.6. The van der Waals surface area contributed by atoms with Crippen LogP contribution in [0.1, 0.15) is 34.3 Å². The summed E-state index contributed by atoms with van der Waals surface area (Å²) in [6, 6.07) is 16.5. The lowest BCUT2D eigenvalue weighted by Crippen LogP contribution is -2.44. The molecule has 2 fully saturated rings. The number of rotatable bonds is 4. The second-order valence-electron chi connectivity index (χ2n) is 8.70. The molecule has 1 aliphatic heterocycles. The molecule has 1 amide bonds. The molecule has 2 heterocycles. The van der Waals surface area contributed by atoms with Crippen molar-refractivity contribution < 1.29 is 4.79 Å². The number of carbonyl (C=O) groups is 1. The monoisotopic (exact) mass is 400 g/mol. The van der Waals surface area contributed by atoms with Gasteiger partial charge in [-0.05, 0) is 62.2 Å². The molecular formula is C25H28N4O. The summed E-state index contributed by atoms with van der Waals surface area (Å²) in [5, 5.41) is 4.50. The molecule has 5 heteroatoms. The van der Waals surface area contributed by atoms with E-state index < -0.39 is 0 Å². The van der Waals surface area contributed by atoms with Crippen LogP contribution in [0.2, 0.25) is 0 Å². The Hall–Kier alpha value is -2.92. The van der Waals surface area contributed by atoms with Gasteiger partial charge in [-0.2, -0.15) is 0 Å². The van der Waals surface area contributed by atoms with E-state index in [9.17, 15) is 4.79 Å². The van der Waals surface area contributed by atoms with Crippen LogP contribution in [0.25, 0.3) is 10.9 Å². The number of carbonyl (C=O) groups excluding carboxylic acids is 1. The number of piperazine rings is 1. The molecule has 3 aromatic rings. The number of likely N-dealkylation sites (N-methyl/N-ethyl adjacent to an activating group) is 1. The molecule has 0 spiro atoms. The average molecular weight is 401 g/mol. The highest BCUT2D eigenvalue weighted by atomic mass is 16.1. The first kappa shape index (κ1) is 19.1. The van der Waals surface area contributed by atoms with Gasteiger partial charge in [-0.3, -0.25) is 9.78 Å². The van der Waals surface area contributed by atoms with Crippen LogP contribution in [0.5, 0.6) is 0 Å². The number of aromatic nitrogens is 1. The molecule has 1 aliphatic carbocycles. The second-order valence-corrected chi connectivity index (χ2v) is 8.70. The fraction of sp³-hybridized carbons (Fsp3) is 0.360. The fourth-order valence-electron chi connectivity index (χ4n) is 4.50. The van der Waals surface area contributed by atoms with E-state index in [0.29, 0.717) is 0 Å². The zero-order valence-corrected chi connectivity index (χ0v) is 17.7. The number of anilines is 1. The minimum Gasteiger partial charge on any atom is -0.369 e. The van der Waals surface area contributed by atoms with E-state index in [1.807, 2.05) is 31.3 Å². The van der Waals surface area contributed by atoms with Gasteiger partial charge in [0.05, 0.1) is 11.1 Å². The molecule has 1 N–H and O–H groups in total. The fourth-order valence-corrected chi connectivity index (χ4v) is 4.50. The van der Waals surface area contributed by atoms with Gasteiger partial charge in [0.25, 0.3) is 5.91 Å². The number of para-hydroxylation sites is 1. The quantitative estimate of drug-likeness (QED) is 0.725. The van der Waals surface area contributed by atoms with Crippen LogP contribution in [0, 0.1) is 6.92 Å². The highest BCUT2D eigenvalue weighted by molar-refractivity contribution is 5.98. The Bertz CT molecular complexity index is 1090. The molecule has 5 nitrogen and oxygen atoms in total. The Morgan fingerprint density at radius 1 is 1.03 bits per heavy atom. The SMILES string of the molecule is Cc1ccc(N2CCN(C)CC2)cc1C(=O)NC1(c2ccnc3ccccc23)CC1. The van der Waals surface area contributed by atoms with Crippen molar-refractivity contribution in [2.24, 2.45) is 0 Å². The molecule has 154 valence electrons. The maximum Gasteiger partial charge on any atom is 0.252 e. The summed E-state index contributed by atoms with van der Waals surface area (Å²) in [6.45, 7) is 6.10. The summed E-state index contributed by atoms with van der Waals surface area (Å²) in [5.41, 5.74) is 4.79. The van der Waals surface area contributed by atoms with Gasteiger partial charge in [-0.25, -0.2) is 0 Å². The minimum absolute atomic E-state index is 0.0156. The van der Waals surface area contributed by atoms with Crippen molar-refractivity contribution in [3.63, 3.8) is 0 Å². The molecule has 30 heavy (non-hydrogen) atoms. The van der Waals surface area contributed by atoms with Crippen LogP contribution in [-0.2, 0) is 5.54 Å². The third kappa shape index (κ3) is 3.43. The number of amides is 1. The largest absolute Gasteiger partial charge is 0.369 e. The number of pyridine rings is 1. The molecule has 0 atom stereocenters. The predicted octanol–water partition coefficient (Wildman–Crippen LogP) is 3.71. The molecule has 2 aromatic carbocycles. The van der Waals surface area contributed by atoms with Crippen LogP contribution < -0.4 is 10.2 Å². The molecule has 0 unspecified atom stereocenters. The number of fused-ring (bicyclic) bond motifs is 1. The van der Waals surface area contributed by atoms with Crippen LogP contribution in [-0.4, -0.2) is 49.0 Å². The third-order valence-corrected chi connectivity index (χ3v) is 6.60. The van der Waals surface area contributed by atoms with E-state index in [0.717, 1.165) is 66.7 Å². The molecule has 1 saturated heterocycles. The van der Waals surface area contributed by atoms with Gasteiger partial charge < -0.3 is 15.1 Å². The topological polar surface area (TPSA) is 48.5 Å². The zero-order valence-electron chi connectivity index (χ0n) is 17.7. The van der Waals surface area contributed by atoms with Crippen molar-refractivity contribution in [1.82, 2.24) is 15.2 Å². The number of benzene rings is 2. The van der Waals surface area contributed by atoms with Gasteiger partial charge in [0, 0.05) is 49.0 Å². The van der Waals surface area contributed by atoms with Gasteiger partial charge in [-0.15, -0.1) is 0 Å². The normalized spacial score (nSPS) is 18.4. The lowest BCUT2D eigenvalue weighted by molar-refractivity contribution is 0.0930. The van der Waals surface area contributed by atoms with Crippen molar-refractivity contribution in [1.29, 1.82) is 0 Å². The standard InChI is InChI=1S/C25H28N4O/c1-18-7-8-19(29-15-13-28(2)14-16-29)17-21(18)24(30)27-25(10-11-25)22-9-12-26-23-6-4-3-5-20(22)23/h3-9,12,17H,10-11,13-16H2,1-2H3,(H,27,30). The van der Waals surface area contributed by atoms with Crippen LogP contribution in [0.3, 0.4) is 0 Å². The molecular weight excluding hydrogens is 372 g/mol. The smallest absolute Gasteiger partial charge is 0.252 e. The van der Waals surface area contributed by atoms with Crippen molar-refractivity contribution in [3.8, 4) is 0 Å². The van der Waals surface area contributed by atoms with Crippen molar-refractivity contribution >= 4 is 22.5 Å². The summed E-state index contributed by atoms with van der Waals surface area (Å²) in [4.78, 5) is 22.6. The first-order valence-electron chi connectivity index (χ1n) is 10.8. The zero-order chi connectivity index (χ0) is 20.7. The lowest BCUT2D eigenvalue weighted by atomic mass is 9.99. The molecule has 1 aromatic heterocycles. The Morgan fingerprint density at radius 3 is 2.57 bits per heavy atom. The summed E-state index contributed by atoms with van der Waals surface area (Å²) in [5.74, 6) is 0.0156. The first-order valence-corrected chi connectivity index (χ1v) is 10.8. The van der Waals surface area contributed by atoms with E-state index in [1.54, 1.807) is 0 Å². The second kappa shape index (κ2) is 7.40. The van der Waals surface area contributed by atoms with Crippen LogP contribution in [0.15, 0.2) is 54.7 Å². The van der Waals surface area contributed by atoms with Gasteiger partial charge in [0.1, 0.15) is 0 Å². The van der Waals surface area contributed by atoms with Gasteiger partial charge in [0.15, 0.2) is 0 Å². The minimum atomic E-state index is -0.282. The van der Waals surface area contributed by atoms with E-state index >= 15 is 0 Å². The van der Waals surface area contributed by atoms with Crippen LogP contribution in [0.4, 0.5) is 5.69 Å². The highest BCUT2D eigenvalue weighted by Crippen LogP contribution is 2.47.